The molecule has 0 radical (unpaired) electrons. The molecule has 1 N–H and O–H groups in total. The average molecular weight is 345 g/mol. The Hall–Kier alpha value is -2.35. The number of nitrogens with one attached hydrogen (secondary N) is 1. The molecule has 0 aliphatic carbocycles. The molecule has 1 aliphatic rings. The molecule has 25 heavy (non-hydrogen) atoms. The topological polar surface area (TPSA) is 71.2 Å². The lowest BCUT2D eigenvalue weighted by Crippen LogP contribution is -2.34. The molecule has 1 aliphatic heterocycles. The van der Waals surface area contributed by atoms with E-state index in [2.05, 4.69) is 44.8 Å². The van der Waals surface area contributed by atoms with Crippen LogP contribution in [0.5, 0.6) is 0 Å². The van der Waals surface area contributed by atoms with Gasteiger partial charge in [0, 0.05) is 45.6 Å². The fraction of sp³-hybridized carbons (Fsp3) is 0.588. The van der Waals surface area contributed by atoms with E-state index in [1.165, 1.54) is 10.6 Å². The van der Waals surface area contributed by atoms with E-state index in [9.17, 15) is 4.79 Å². The van der Waals surface area contributed by atoms with Crippen molar-refractivity contribution in [3.05, 3.63) is 35.7 Å². The molecule has 0 aromatic carbocycles. The number of rotatable bonds is 5. The Morgan fingerprint density at radius 2 is 2.16 bits per heavy atom. The maximum absolute atomic E-state index is 11.6. The standard InChI is InChI=1S/C17H27N7O/c1-13(2)23-6-5-18-16(23)12-22-7-8-24-15(11-22)9-14(20-24)10-19-17(25)21(3)4/h5-6,9,13H,7-8,10-12H2,1-4H3,(H,19,25). The number of hydrogen-bond acceptors (Lipinski definition) is 4. The number of carbonyl (C=O) groups excluding carboxylic acids is 1. The highest BCUT2D eigenvalue weighted by Gasteiger charge is 2.20. The molecule has 3 heterocycles. The van der Waals surface area contributed by atoms with Gasteiger partial charge in [0.25, 0.3) is 0 Å². The highest BCUT2D eigenvalue weighted by Crippen LogP contribution is 2.17. The predicted octanol–water partition coefficient (Wildman–Crippen LogP) is 1.45. The minimum atomic E-state index is -0.104. The van der Waals surface area contributed by atoms with Crippen LogP contribution in [0.1, 0.15) is 37.1 Å². The van der Waals surface area contributed by atoms with E-state index < -0.39 is 0 Å². The number of hydrogen-bond donors (Lipinski definition) is 1. The first kappa shape index (κ1) is 17.5. The third-order valence-corrected chi connectivity index (χ3v) is 4.42. The Morgan fingerprint density at radius 1 is 1.36 bits per heavy atom. The molecular weight excluding hydrogens is 318 g/mol. The highest BCUT2D eigenvalue weighted by molar-refractivity contribution is 5.73. The summed E-state index contributed by atoms with van der Waals surface area (Å²) in [5.41, 5.74) is 2.08. The third-order valence-electron chi connectivity index (χ3n) is 4.42. The van der Waals surface area contributed by atoms with Gasteiger partial charge in [0.2, 0.25) is 0 Å². The van der Waals surface area contributed by atoms with Crippen molar-refractivity contribution in [3.8, 4) is 0 Å². The first-order valence-electron chi connectivity index (χ1n) is 8.69. The second-order valence-electron chi connectivity index (χ2n) is 6.96. The van der Waals surface area contributed by atoms with E-state index >= 15 is 0 Å². The molecule has 0 fully saturated rings. The highest BCUT2D eigenvalue weighted by atomic mass is 16.2. The number of urea groups is 1. The molecule has 2 amide bonds. The summed E-state index contributed by atoms with van der Waals surface area (Å²) in [4.78, 5) is 20.1. The summed E-state index contributed by atoms with van der Waals surface area (Å²) in [5, 5.41) is 7.45. The van der Waals surface area contributed by atoms with Crippen LogP contribution >= 0.6 is 0 Å². The second-order valence-corrected chi connectivity index (χ2v) is 6.96. The van der Waals surface area contributed by atoms with Crippen molar-refractivity contribution in [2.24, 2.45) is 0 Å². The molecule has 2 aromatic heterocycles. The minimum absolute atomic E-state index is 0.104. The lowest BCUT2D eigenvalue weighted by molar-refractivity contribution is 0.197. The zero-order chi connectivity index (χ0) is 18.0. The Kier molecular flexibility index (Phi) is 5.08. The van der Waals surface area contributed by atoms with E-state index in [1.807, 2.05) is 17.1 Å². The van der Waals surface area contributed by atoms with Crippen molar-refractivity contribution < 1.29 is 4.79 Å². The predicted molar refractivity (Wildman–Crippen MR) is 94.9 cm³/mol. The summed E-state index contributed by atoms with van der Waals surface area (Å²) in [6.45, 7) is 8.29. The molecule has 2 aromatic rings. The number of amides is 2. The van der Waals surface area contributed by atoms with Crippen molar-refractivity contribution in [3.63, 3.8) is 0 Å². The van der Waals surface area contributed by atoms with E-state index in [0.29, 0.717) is 12.6 Å². The molecule has 0 saturated carbocycles. The van der Waals surface area contributed by atoms with Crippen LogP contribution in [0.4, 0.5) is 4.79 Å². The maximum atomic E-state index is 11.6. The molecule has 8 heteroatoms. The molecule has 8 nitrogen and oxygen atoms in total. The van der Waals surface area contributed by atoms with Gasteiger partial charge >= 0.3 is 6.03 Å². The number of nitrogens with zero attached hydrogens (tertiary/aromatic N) is 6. The van der Waals surface area contributed by atoms with Crippen LogP contribution in [0, 0.1) is 0 Å². The van der Waals surface area contributed by atoms with Gasteiger partial charge in [0.1, 0.15) is 5.82 Å². The normalized spacial score (nSPS) is 14.6. The van der Waals surface area contributed by atoms with Crippen molar-refractivity contribution >= 4 is 6.03 Å². The van der Waals surface area contributed by atoms with Crippen LogP contribution in [0.15, 0.2) is 18.5 Å². The first-order chi connectivity index (χ1) is 11.9. The molecular formula is C17H27N7O. The lowest BCUT2D eigenvalue weighted by Gasteiger charge is -2.27. The van der Waals surface area contributed by atoms with Gasteiger partial charge in [-0.15, -0.1) is 0 Å². The molecule has 3 rings (SSSR count). The van der Waals surface area contributed by atoms with Gasteiger partial charge < -0.3 is 14.8 Å². The van der Waals surface area contributed by atoms with E-state index in [4.69, 9.17) is 0 Å². The molecule has 0 spiro atoms. The monoisotopic (exact) mass is 345 g/mol. The summed E-state index contributed by atoms with van der Waals surface area (Å²) in [6.07, 6.45) is 3.91. The quantitative estimate of drug-likeness (QED) is 0.890. The van der Waals surface area contributed by atoms with Crippen molar-refractivity contribution in [2.45, 2.75) is 46.1 Å². The Bertz CT molecular complexity index is 731. The van der Waals surface area contributed by atoms with Crippen molar-refractivity contribution in [1.82, 2.24) is 34.4 Å². The largest absolute Gasteiger partial charge is 0.332 e. The third kappa shape index (κ3) is 4.01. The minimum Gasteiger partial charge on any atom is -0.332 e. The van der Waals surface area contributed by atoms with Gasteiger partial charge in [-0.1, -0.05) is 0 Å². The van der Waals surface area contributed by atoms with Gasteiger partial charge in [-0.2, -0.15) is 5.10 Å². The van der Waals surface area contributed by atoms with Crippen molar-refractivity contribution in [2.75, 3.05) is 20.6 Å². The summed E-state index contributed by atoms with van der Waals surface area (Å²) in [5.74, 6) is 1.10. The van der Waals surface area contributed by atoms with Gasteiger partial charge in [-0.05, 0) is 19.9 Å². The Balaban J connectivity index is 1.61. The number of imidazole rings is 1. The summed E-state index contributed by atoms with van der Waals surface area (Å²) < 4.78 is 4.26. The molecule has 136 valence electrons. The van der Waals surface area contributed by atoms with Gasteiger partial charge in [0.15, 0.2) is 0 Å². The number of carbonyl (C=O) groups is 1. The van der Waals surface area contributed by atoms with Gasteiger partial charge in [-0.3, -0.25) is 9.58 Å². The molecule has 0 unspecified atom stereocenters. The van der Waals surface area contributed by atoms with Gasteiger partial charge in [0.05, 0.1) is 31.0 Å². The Morgan fingerprint density at radius 3 is 2.88 bits per heavy atom. The maximum Gasteiger partial charge on any atom is 0.317 e. The van der Waals surface area contributed by atoms with Crippen LogP contribution in [0.25, 0.3) is 0 Å². The van der Waals surface area contributed by atoms with E-state index in [0.717, 1.165) is 37.7 Å². The summed E-state index contributed by atoms with van der Waals surface area (Å²) in [6, 6.07) is 2.39. The smallest absolute Gasteiger partial charge is 0.317 e. The second kappa shape index (κ2) is 7.26. The van der Waals surface area contributed by atoms with Crippen LogP contribution in [0.3, 0.4) is 0 Å². The first-order valence-corrected chi connectivity index (χ1v) is 8.69. The zero-order valence-electron chi connectivity index (χ0n) is 15.4. The molecule has 0 saturated heterocycles. The van der Waals surface area contributed by atoms with Crippen LogP contribution in [-0.2, 0) is 26.2 Å². The molecule has 0 atom stereocenters. The fourth-order valence-electron chi connectivity index (χ4n) is 3.06. The van der Waals surface area contributed by atoms with E-state index in [-0.39, 0.29) is 6.03 Å². The fourth-order valence-corrected chi connectivity index (χ4v) is 3.06. The van der Waals surface area contributed by atoms with Crippen LogP contribution < -0.4 is 5.32 Å². The van der Waals surface area contributed by atoms with E-state index in [1.54, 1.807) is 14.1 Å². The average Bonchev–Trinajstić information content (AvgIpc) is 3.18. The summed E-state index contributed by atoms with van der Waals surface area (Å²) >= 11 is 0. The van der Waals surface area contributed by atoms with Crippen LogP contribution in [0.2, 0.25) is 0 Å². The van der Waals surface area contributed by atoms with Crippen molar-refractivity contribution in [1.29, 1.82) is 0 Å². The van der Waals surface area contributed by atoms with Gasteiger partial charge in [-0.25, -0.2) is 9.78 Å². The number of aromatic nitrogens is 4. The van der Waals surface area contributed by atoms with Crippen LogP contribution in [-0.4, -0.2) is 55.8 Å². The summed E-state index contributed by atoms with van der Waals surface area (Å²) in [7, 11) is 3.46. The molecule has 0 bridgehead atoms. The lowest BCUT2D eigenvalue weighted by atomic mass is 10.2. The Labute approximate surface area is 148 Å². The SMILES string of the molecule is CC(C)n1ccnc1CN1CCn2nc(CNC(=O)N(C)C)cc2C1. The number of fused-ring (bicyclic) bond motifs is 1. The zero-order valence-corrected chi connectivity index (χ0v) is 15.4.